The Morgan fingerprint density at radius 1 is 0.860 bits per heavy atom. The van der Waals surface area contributed by atoms with Crippen molar-refractivity contribution in [3.05, 3.63) is 66.1 Å². The molecule has 9 rings (SSSR count). The molecule has 14 nitrogen and oxygen atoms in total. The van der Waals surface area contributed by atoms with Crippen LogP contribution < -0.4 is 20.4 Å². The second kappa shape index (κ2) is 16.2. The van der Waals surface area contributed by atoms with Gasteiger partial charge >= 0.3 is 0 Å². The van der Waals surface area contributed by atoms with Gasteiger partial charge in [0.15, 0.2) is 5.01 Å². The van der Waals surface area contributed by atoms with Crippen molar-refractivity contribution in [1.29, 1.82) is 5.26 Å². The molecule has 2 amide bonds. The van der Waals surface area contributed by atoms with E-state index in [0.29, 0.717) is 18.4 Å². The number of amides is 2. The van der Waals surface area contributed by atoms with Crippen molar-refractivity contribution in [2.24, 2.45) is 17.8 Å². The molecule has 2 N–H and O–H groups in total. The number of piperidine rings is 4. The molecular formula is C42H48N12O2S. The summed E-state index contributed by atoms with van der Waals surface area (Å²) in [5, 5.41) is 30.5. The lowest BCUT2D eigenvalue weighted by Gasteiger charge is -2.41. The van der Waals surface area contributed by atoms with Gasteiger partial charge in [0.1, 0.15) is 11.9 Å². The summed E-state index contributed by atoms with van der Waals surface area (Å²) in [5.41, 5.74) is 5.75. The van der Waals surface area contributed by atoms with Crippen molar-refractivity contribution in [3.8, 4) is 28.0 Å². The summed E-state index contributed by atoms with van der Waals surface area (Å²) in [5.74, 6) is 2.58. The Morgan fingerprint density at radius 3 is 2.35 bits per heavy atom. The van der Waals surface area contributed by atoms with Crippen LogP contribution >= 0.6 is 11.3 Å². The van der Waals surface area contributed by atoms with Gasteiger partial charge in [-0.05, 0) is 112 Å². The molecule has 5 aromatic heterocycles. The highest BCUT2D eigenvalue weighted by Crippen LogP contribution is 2.39. The van der Waals surface area contributed by atoms with Crippen LogP contribution in [0, 0.1) is 29.1 Å². The molecule has 4 fully saturated rings. The third kappa shape index (κ3) is 7.80. The predicted octanol–water partition coefficient (Wildman–Crippen LogP) is 5.59. The molecule has 9 heterocycles. The lowest BCUT2D eigenvalue weighted by molar-refractivity contribution is -0.134. The Bertz CT molecular complexity index is 2280. The average Bonchev–Trinajstić information content (AvgIpc) is 3.92. The SMILES string of the molecule is CNc1cc(-c2ccc3cc(C#N)cnn23)ncc1-c1nnc(N2CCC(C3CCN(CC4CCN(c5ccc([C@@H]6CCC(=O)NC6=O)cn5)CC4)CC3)CC2)s1. The number of carbonyl (C=O) groups excluding carboxylic acids is 2. The number of pyridine rings is 2. The third-order valence-electron chi connectivity index (χ3n) is 12.7. The summed E-state index contributed by atoms with van der Waals surface area (Å²) in [4.78, 5) is 40.8. The number of aromatic nitrogens is 6. The molecule has 4 saturated heterocycles. The van der Waals surface area contributed by atoms with Gasteiger partial charge < -0.3 is 20.0 Å². The third-order valence-corrected chi connectivity index (χ3v) is 13.7. The van der Waals surface area contributed by atoms with E-state index in [0.717, 1.165) is 93.6 Å². The number of nitrogens with zero attached hydrogens (tertiary/aromatic N) is 10. The molecule has 15 heteroatoms. The summed E-state index contributed by atoms with van der Waals surface area (Å²) in [7, 11) is 1.91. The predicted molar refractivity (Wildman–Crippen MR) is 220 cm³/mol. The number of carbonyl (C=O) groups is 2. The largest absolute Gasteiger partial charge is 0.387 e. The van der Waals surface area contributed by atoms with Crippen LogP contribution in [0.4, 0.5) is 16.6 Å². The van der Waals surface area contributed by atoms with E-state index in [2.05, 4.69) is 46.7 Å². The zero-order valence-corrected chi connectivity index (χ0v) is 33.1. The van der Waals surface area contributed by atoms with Gasteiger partial charge in [-0.3, -0.25) is 19.9 Å². The standard InChI is InChI=1S/C42H48N12O2S/c1-44-35-21-36(37-5-3-32-20-28(22-43)23-47-54(32)37)45-25-34(35)41-49-50-42(57-41)53-18-12-30(13-19-53)29-10-14-51(15-11-29)26-27-8-16-52(17-9-27)38-6-2-31(24-46-38)33-4-7-39(55)48-40(33)56/h2-3,5-6,20-21,23-25,27,29-30,33H,4,7-19,26H2,1H3,(H,44,45)(H,48,55,56)/t33-/m0/s1. The van der Waals surface area contributed by atoms with Crippen molar-refractivity contribution in [1.82, 2.24) is 40.0 Å². The van der Waals surface area contributed by atoms with Crippen molar-refractivity contribution in [3.63, 3.8) is 0 Å². The normalized spacial score (nSPS) is 20.5. The first-order chi connectivity index (χ1) is 27.9. The maximum atomic E-state index is 12.3. The highest BCUT2D eigenvalue weighted by molar-refractivity contribution is 7.18. The topological polar surface area (TPSA) is 161 Å². The van der Waals surface area contributed by atoms with Crippen molar-refractivity contribution in [2.45, 2.75) is 57.3 Å². The van der Waals surface area contributed by atoms with Crippen LogP contribution in [0.25, 0.3) is 27.5 Å². The molecule has 57 heavy (non-hydrogen) atoms. The van der Waals surface area contributed by atoms with Crippen LogP contribution in [-0.4, -0.2) is 99.4 Å². The van der Waals surface area contributed by atoms with E-state index in [9.17, 15) is 14.9 Å². The Morgan fingerprint density at radius 2 is 1.63 bits per heavy atom. The number of imide groups is 1. The van der Waals surface area contributed by atoms with Gasteiger partial charge in [0, 0.05) is 64.3 Å². The summed E-state index contributed by atoms with van der Waals surface area (Å²) < 4.78 is 1.80. The minimum atomic E-state index is -0.289. The van der Waals surface area contributed by atoms with E-state index in [1.165, 1.54) is 58.2 Å². The summed E-state index contributed by atoms with van der Waals surface area (Å²) in [6.45, 7) is 7.66. The van der Waals surface area contributed by atoms with E-state index < -0.39 is 0 Å². The number of hydrogen-bond donors (Lipinski definition) is 2. The van der Waals surface area contributed by atoms with Crippen LogP contribution in [0.3, 0.4) is 0 Å². The highest BCUT2D eigenvalue weighted by Gasteiger charge is 2.33. The van der Waals surface area contributed by atoms with E-state index in [1.807, 2.05) is 55.8 Å². The van der Waals surface area contributed by atoms with Crippen LogP contribution in [0.15, 0.2) is 55.0 Å². The Labute approximate surface area is 336 Å². The fraction of sp³-hybridized carbons (Fsp3) is 0.476. The molecular weight excluding hydrogens is 737 g/mol. The zero-order chi connectivity index (χ0) is 38.9. The van der Waals surface area contributed by atoms with Crippen molar-refractivity contribution < 1.29 is 9.59 Å². The Balaban J connectivity index is 0.725. The minimum absolute atomic E-state index is 0.187. The van der Waals surface area contributed by atoms with Crippen molar-refractivity contribution in [2.75, 3.05) is 68.0 Å². The fourth-order valence-corrected chi connectivity index (χ4v) is 10.3. The maximum absolute atomic E-state index is 12.3. The van der Waals surface area contributed by atoms with Crippen molar-refractivity contribution >= 4 is 45.3 Å². The Hall–Kier alpha value is -5.46. The van der Waals surface area contributed by atoms with Gasteiger partial charge in [0.2, 0.25) is 16.9 Å². The molecule has 0 radical (unpaired) electrons. The van der Waals surface area contributed by atoms with Crippen LogP contribution in [0.1, 0.15) is 68.4 Å². The average molecular weight is 785 g/mol. The van der Waals surface area contributed by atoms with Gasteiger partial charge in [0.05, 0.1) is 40.1 Å². The maximum Gasteiger partial charge on any atom is 0.234 e. The second-order valence-corrected chi connectivity index (χ2v) is 17.0. The van der Waals surface area contributed by atoms with E-state index >= 15 is 0 Å². The van der Waals surface area contributed by atoms with Crippen LogP contribution in [-0.2, 0) is 9.59 Å². The first kappa shape index (κ1) is 37.1. The zero-order valence-electron chi connectivity index (χ0n) is 32.3. The molecule has 4 aliphatic heterocycles. The monoisotopic (exact) mass is 784 g/mol. The van der Waals surface area contributed by atoms with E-state index in [4.69, 9.17) is 9.97 Å². The summed E-state index contributed by atoms with van der Waals surface area (Å²) in [6, 6.07) is 14.0. The molecule has 1 atom stereocenters. The lowest BCUT2D eigenvalue weighted by atomic mass is 9.78. The number of likely N-dealkylation sites (tertiary alicyclic amines) is 1. The lowest BCUT2D eigenvalue weighted by Crippen LogP contribution is -2.44. The van der Waals surface area contributed by atoms with E-state index in [-0.39, 0.29) is 17.7 Å². The summed E-state index contributed by atoms with van der Waals surface area (Å²) >= 11 is 1.63. The van der Waals surface area contributed by atoms with Gasteiger partial charge in [0.25, 0.3) is 0 Å². The molecule has 0 aliphatic carbocycles. The first-order valence-electron chi connectivity index (χ1n) is 20.3. The van der Waals surface area contributed by atoms with Gasteiger partial charge in [-0.15, -0.1) is 10.2 Å². The number of nitriles is 1. The fourth-order valence-electron chi connectivity index (χ4n) is 9.36. The summed E-state index contributed by atoms with van der Waals surface area (Å²) in [6.07, 6.45) is 13.5. The van der Waals surface area contributed by atoms with E-state index in [1.54, 1.807) is 22.0 Å². The number of anilines is 3. The van der Waals surface area contributed by atoms with Crippen LogP contribution in [0.5, 0.6) is 0 Å². The number of nitrogens with one attached hydrogen (secondary N) is 2. The molecule has 0 spiro atoms. The highest BCUT2D eigenvalue weighted by atomic mass is 32.1. The number of hydrogen-bond acceptors (Lipinski definition) is 13. The van der Waals surface area contributed by atoms with Crippen LogP contribution in [0.2, 0.25) is 0 Å². The molecule has 5 aromatic rings. The number of rotatable bonds is 9. The second-order valence-electron chi connectivity index (χ2n) is 16.0. The molecule has 0 aromatic carbocycles. The molecule has 4 aliphatic rings. The van der Waals surface area contributed by atoms with Gasteiger partial charge in [-0.2, -0.15) is 10.4 Å². The smallest absolute Gasteiger partial charge is 0.234 e. The first-order valence-corrected chi connectivity index (χ1v) is 21.2. The molecule has 294 valence electrons. The molecule has 0 saturated carbocycles. The van der Waals surface area contributed by atoms with Gasteiger partial charge in [-0.25, -0.2) is 9.50 Å². The molecule has 0 bridgehead atoms. The minimum Gasteiger partial charge on any atom is -0.387 e. The number of fused-ring (bicyclic) bond motifs is 1. The van der Waals surface area contributed by atoms with Gasteiger partial charge in [-0.1, -0.05) is 17.4 Å². The Kier molecular flexibility index (Phi) is 10.5. The quantitative estimate of drug-likeness (QED) is 0.179. The molecule has 0 unspecified atom stereocenters.